The molecule has 0 saturated heterocycles. The number of anilines is 1. The van der Waals surface area contributed by atoms with Crippen molar-refractivity contribution in [1.82, 2.24) is 5.32 Å². The van der Waals surface area contributed by atoms with Gasteiger partial charge in [-0.1, -0.05) is 51.5 Å². The minimum atomic E-state index is -0.474. The van der Waals surface area contributed by atoms with E-state index in [1.165, 1.54) is 16.8 Å². The van der Waals surface area contributed by atoms with Crippen LogP contribution in [0.1, 0.15) is 82.4 Å². The summed E-state index contributed by atoms with van der Waals surface area (Å²) < 4.78 is 6.25. The van der Waals surface area contributed by atoms with E-state index in [1.54, 1.807) is 0 Å². The first kappa shape index (κ1) is 28.3. The number of rotatable bonds is 13. The van der Waals surface area contributed by atoms with E-state index in [0.717, 1.165) is 50.1 Å². The summed E-state index contributed by atoms with van der Waals surface area (Å²) in [6.07, 6.45) is 7.75. The molecule has 0 amide bonds. The van der Waals surface area contributed by atoms with Crippen molar-refractivity contribution in [1.29, 1.82) is 5.26 Å². The SMILES string of the molecule is C=C(NCC(O)CC(C)CCC)/C(C#N)=C(\C)c1ccc(C2C=Cc3cc(N(CC)CC)ccc3C2)o1. The Labute approximate surface area is 223 Å². The zero-order valence-corrected chi connectivity index (χ0v) is 23.2. The molecule has 1 heterocycles. The summed E-state index contributed by atoms with van der Waals surface area (Å²) in [4.78, 5) is 2.36. The van der Waals surface area contributed by atoms with Gasteiger partial charge in [0.25, 0.3) is 0 Å². The molecule has 5 nitrogen and oxygen atoms in total. The van der Waals surface area contributed by atoms with Crippen LogP contribution in [-0.2, 0) is 6.42 Å². The third-order valence-electron chi connectivity index (χ3n) is 7.36. The van der Waals surface area contributed by atoms with Gasteiger partial charge in [-0.25, -0.2) is 0 Å². The second-order valence-electron chi connectivity index (χ2n) is 10.2. The molecule has 3 unspecified atom stereocenters. The van der Waals surface area contributed by atoms with Crippen molar-refractivity contribution in [2.75, 3.05) is 24.5 Å². The van der Waals surface area contributed by atoms with Crippen LogP contribution in [0.15, 0.2) is 58.7 Å². The number of furan rings is 1. The average Bonchev–Trinajstić information content (AvgIpc) is 3.39. The smallest absolute Gasteiger partial charge is 0.131 e. The van der Waals surface area contributed by atoms with Gasteiger partial charge >= 0.3 is 0 Å². The Morgan fingerprint density at radius 1 is 1.24 bits per heavy atom. The van der Waals surface area contributed by atoms with Gasteiger partial charge in [0.1, 0.15) is 17.6 Å². The number of nitrogens with one attached hydrogen (secondary N) is 1. The molecule has 2 N–H and O–H groups in total. The van der Waals surface area contributed by atoms with E-state index < -0.39 is 6.10 Å². The van der Waals surface area contributed by atoms with Gasteiger partial charge in [-0.05, 0) is 74.9 Å². The van der Waals surface area contributed by atoms with E-state index in [1.807, 2.05) is 19.1 Å². The fourth-order valence-corrected chi connectivity index (χ4v) is 5.17. The van der Waals surface area contributed by atoms with Gasteiger partial charge < -0.3 is 19.7 Å². The Hall–Kier alpha value is -3.23. The molecule has 0 saturated carbocycles. The highest BCUT2D eigenvalue weighted by Gasteiger charge is 2.21. The zero-order chi connectivity index (χ0) is 26.9. The quantitative estimate of drug-likeness (QED) is 0.227. The van der Waals surface area contributed by atoms with Crippen LogP contribution in [-0.4, -0.2) is 30.8 Å². The molecular weight excluding hydrogens is 458 g/mol. The lowest BCUT2D eigenvalue weighted by Crippen LogP contribution is -2.28. The van der Waals surface area contributed by atoms with Gasteiger partial charge in [0.2, 0.25) is 0 Å². The van der Waals surface area contributed by atoms with Crippen molar-refractivity contribution >= 4 is 17.3 Å². The van der Waals surface area contributed by atoms with Crippen LogP contribution in [0, 0.1) is 17.2 Å². The molecule has 1 aliphatic rings. The molecule has 0 aliphatic heterocycles. The standard InChI is InChI=1S/C32H43N3O2/c1-7-10-22(4)17-29(36)21-34-24(6)30(20-33)23(5)31-15-16-32(37-31)27-12-11-26-19-28(35(8-2)9-3)14-13-25(26)18-27/h11-16,19,22,27,29,34,36H,6-10,17-18,21H2,1-5H3/b30-23+. The number of benzene rings is 1. The number of allylic oxidation sites excluding steroid dienone is 3. The molecule has 37 heavy (non-hydrogen) atoms. The second-order valence-corrected chi connectivity index (χ2v) is 10.2. The van der Waals surface area contributed by atoms with E-state index in [2.05, 4.69) is 80.9 Å². The second kappa shape index (κ2) is 13.4. The fraction of sp³-hybridized carbons (Fsp3) is 0.469. The van der Waals surface area contributed by atoms with Gasteiger partial charge in [-0.3, -0.25) is 0 Å². The molecule has 3 rings (SSSR count). The fourth-order valence-electron chi connectivity index (χ4n) is 5.17. The van der Waals surface area contributed by atoms with Gasteiger partial charge in [0, 0.05) is 42.5 Å². The molecule has 0 fully saturated rings. The topological polar surface area (TPSA) is 72.4 Å². The van der Waals surface area contributed by atoms with Crippen molar-refractivity contribution < 1.29 is 9.52 Å². The van der Waals surface area contributed by atoms with Crippen LogP contribution in [0.5, 0.6) is 0 Å². The normalized spacial score (nSPS) is 16.8. The molecule has 5 heteroatoms. The first-order chi connectivity index (χ1) is 17.8. The largest absolute Gasteiger partial charge is 0.461 e. The Morgan fingerprint density at radius 2 is 2.00 bits per heavy atom. The Bertz CT molecular complexity index is 1160. The molecule has 198 valence electrons. The van der Waals surface area contributed by atoms with E-state index in [0.29, 0.717) is 29.5 Å². The van der Waals surface area contributed by atoms with Crippen LogP contribution in [0.2, 0.25) is 0 Å². The predicted octanol–water partition coefficient (Wildman–Crippen LogP) is 7.07. The highest BCUT2D eigenvalue weighted by molar-refractivity contribution is 5.72. The maximum Gasteiger partial charge on any atom is 0.131 e. The number of nitriles is 1. The van der Waals surface area contributed by atoms with Gasteiger partial charge in [0.05, 0.1) is 11.7 Å². The van der Waals surface area contributed by atoms with Crippen molar-refractivity contribution in [3.05, 3.63) is 76.9 Å². The van der Waals surface area contributed by atoms with E-state index >= 15 is 0 Å². The van der Waals surface area contributed by atoms with Crippen LogP contribution < -0.4 is 10.2 Å². The molecule has 1 aromatic carbocycles. The summed E-state index contributed by atoms with van der Waals surface area (Å²) in [5.41, 5.74) is 5.54. The lowest BCUT2D eigenvalue weighted by Gasteiger charge is -2.24. The number of fused-ring (bicyclic) bond motifs is 1. The van der Waals surface area contributed by atoms with Gasteiger partial charge in [-0.15, -0.1) is 0 Å². The van der Waals surface area contributed by atoms with E-state index in [9.17, 15) is 10.4 Å². The van der Waals surface area contributed by atoms with Gasteiger partial charge in [-0.2, -0.15) is 5.26 Å². The first-order valence-electron chi connectivity index (χ1n) is 13.7. The molecule has 1 aromatic heterocycles. The summed E-state index contributed by atoms with van der Waals surface area (Å²) in [6.45, 7) is 17.0. The van der Waals surface area contributed by atoms with Crippen molar-refractivity contribution in [2.45, 2.75) is 72.3 Å². The van der Waals surface area contributed by atoms with Crippen molar-refractivity contribution in [3.8, 4) is 6.07 Å². The van der Waals surface area contributed by atoms with Gasteiger partial charge in [0.15, 0.2) is 0 Å². The maximum atomic E-state index is 10.4. The summed E-state index contributed by atoms with van der Waals surface area (Å²) in [5.74, 6) is 2.18. The average molecular weight is 502 g/mol. The highest BCUT2D eigenvalue weighted by Crippen LogP contribution is 2.34. The van der Waals surface area contributed by atoms with E-state index in [4.69, 9.17) is 4.42 Å². The maximum absolute atomic E-state index is 10.4. The summed E-state index contributed by atoms with van der Waals surface area (Å²) in [5, 5.41) is 23.4. The lowest BCUT2D eigenvalue weighted by molar-refractivity contribution is 0.144. The minimum absolute atomic E-state index is 0.153. The minimum Gasteiger partial charge on any atom is -0.461 e. The monoisotopic (exact) mass is 501 g/mol. The van der Waals surface area contributed by atoms with Crippen LogP contribution in [0.4, 0.5) is 5.69 Å². The summed E-state index contributed by atoms with van der Waals surface area (Å²) >= 11 is 0. The number of hydrogen-bond acceptors (Lipinski definition) is 5. The zero-order valence-electron chi connectivity index (χ0n) is 23.2. The third kappa shape index (κ3) is 7.17. The van der Waals surface area contributed by atoms with Crippen LogP contribution in [0.3, 0.4) is 0 Å². The number of aliphatic hydroxyl groups excluding tert-OH is 1. The molecule has 0 spiro atoms. The summed E-state index contributed by atoms with van der Waals surface area (Å²) in [7, 11) is 0. The predicted molar refractivity (Wildman–Crippen MR) is 154 cm³/mol. The number of hydrogen-bond donors (Lipinski definition) is 2. The Kier molecular flexibility index (Phi) is 10.2. The highest BCUT2D eigenvalue weighted by atomic mass is 16.3. The van der Waals surface area contributed by atoms with E-state index in [-0.39, 0.29) is 5.92 Å². The van der Waals surface area contributed by atoms with Crippen molar-refractivity contribution in [3.63, 3.8) is 0 Å². The van der Waals surface area contributed by atoms with Crippen LogP contribution >= 0.6 is 0 Å². The molecule has 1 aliphatic carbocycles. The molecule has 3 atom stereocenters. The molecule has 0 radical (unpaired) electrons. The molecule has 2 aromatic rings. The Balaban J connectivity index is 1.68. The molecular formula is C32H43N3O2. The Morgan fingerprint density at radius 3 is 2.68 bits per heavy atom. The molecule has 0 bridgehead atoms. The van der Waals surface area contributed by atoms with Crippen molar-refractivity contribution in [2.24, 2.45) is 5.92 Å². The van der Waals surface area contributed by atoms with Crippen LogP contribution in [0.25, 0.3) is 11.6 Å². The lowest BCUT2D eigenvalue weighted by atomic mass is 9.88. The number of nitrogens with zero attached hydrogens (tertiary/aromatic N) is 2. The summed E-state index contributed by atoms with van der Waals surface area (Å²) in [6, 6.07) is 12.9. The first-order valence-corrected chi connectivity index (χ1v) is 13.7. The third-order valence-corrected chi connectivity index (χ3v) is 7.36. The number of aliphatic hydroxyl groups is 1.